The molecule has 0 fully saturated rings. The number of fused-ring (bicyclic) bond motifs is 1. The van der Waals surface area contributed by atoms with Gasteiger partial charge in [-0.05, 0) is 48.9 Å². The maximum absolute atomic E-state index is 6.37. The van der Waals surface area contributed by atoms with Gasteiger partial charge in [-0.1, -0.05) is 18.2 Å². The fourth-order valence-electron chi connectivity index (χ4n) is 2.83. The van der Waals surface area contributed by atoms with Crippen molar-refractivity contribution >= 4 is 0 Å². The van der Waals surface area contributed by atoms with E-state index in [0.29, 0.717) is 0 Å². The summed E-state index contributed by atoms with van der Waals surface area (Å²) >= 11 is 0. The zero-order valence-corrected chi connectivity index (χ0v) is 10.8. The maximum Gasteiger partial charge on any atom is 0.0723 e. The molecule has 3 nitrogen and oxygen atoms in total. The lowest BCUT2D eigenvalue weighted by Crippen LogP contribution is -2.17. The average Bonchev–Trinajstić information content (AvgIpc) is 3.05. The van der Waals surface area contributed by atoms with Gasteiger partial charge in [-0.2, -0.15) is 5.10 Å². The quantitative estimate of drug-likeness (QED) is 0.897. The summed E-state index contributed by atoms with van der Waals surface area (Å²) in [4.78, 5) is 0. The standard InChI is InChI=1S/C15H19N3/c1-2-18-14(8-9-17-18)15(16)13-7-6-11-4-3-5-12(11)10-13/h6-10,15H,2-5,16H2,1H3. The lowest BCUT2D eigenvalue weighted by Gasteiger charge is -2.15. The molecule has 0 aliphatic heterocycles. The molecule has 94 valence electrons. The van der Waals surface area contributed by atoms with Crippen LogP contribution in [0.4, 0.5) is 0 Å². The maximum atomic E-state index is 6.37. The number of aromatic nitrogens is 2. The molecule has 0 saturated heterocycles. The Labute approximate surface area is 108 Å². The minimum atomic E-state index is -0.0710. The molecule has 1 unspecified atom stereocenters. The van der Waals surface area contributed by atoms with Crippen molar-refractivity contribution in [2.45, 2.75) is 38.8 Å². The SMILES string of the molecule is CCn1nccc1C(N)c1ccc2c(c1)CCC2. The largest absolute Gasteiger partial charge is 0.319 e. The Morgan fingerprint density at radius 3 is 2.94 bits per heavy atom. The summed E-state index contributed by atoms with van der Waals surface area (Å²) in [6.07, 6.45) is 5.52. The molecule has 2 aromatic rings. The van der Waals surface area contributed by atoms with Crippen LogP contribution < -0.4 is 5.73 Å². The van der Waals surface area contributed by atoms with Gasteiger partial charge in [0.05, 0.1) is 11.7 Å². The molecular weight excluding hydrogens is 222 g/mol. The van der Waals surface area contributed by atoms with E-state index < -0.39 is 0 Å². The van der Waals surface area contributed by atoms with Gasteiger partial charge in [0.25, 0.3) is 0 Å². The van der Waals surface area contributed by atoms with E-state index in [9.17, 15) is 0 Å². The first-order chi connectivity index (χ1) is 8.79. The molecule has 1 aliphatic rings. The Kier molecular flexibility index (Phi) is 2.92. The van der Waals surface area contributed by atoms with Gasteiger partial charge in [-0.3, -0.25) is 4.68 Å². The Bertz CT molecular complexity index is 557. The van der Waals surface area contributed by atoms with Gasteiger partial charge in [0, 0.05) is 12.7 Å². The van der Waals surface area contributed by atoms with Gasteiger partial charge in [-0.25, -0.2) is 0 Å². The van der Waals surface area contributed by atoms with E-state index in [4.69, 9.17) is 5.73 Å². The van der Waals surface area contributed by atoms with Crippen LogP contribution in [0.5, 0.6) is 0 Å². The zero-order chi connectivity index (χ0) is 12.5. The van der Waals surface area contributed by atoms with E-state index in [0.717, 1.165) is 12.2 Å². The average molecular weight is 241 g/mol. The van der Waals surface area contributed by atoms with Crippen molar-refractivity contribution < 1.29 is 0 Å². The van der Waals surface area contributed by atoms with Gasteiger partial charge >= 0.3 is 0 Å². The lowest BCUT2D eigenvalue weighted by atomic mass is 9.99. The van der Waals surface area contributed by atoms with Crippen LogP contribution in [0.1, 0.15) is 41.8 Å². The Morgan fingerprint density at radius 1 is 1.28 bits per heavy atom. The molecule has 1 aromatic heterocycles. The molecule has 3 rings (SSSR count). The molecule has 0 saturated carbocycles. The summed E-state index contributed by atoms with van der Waals surface area (Å²) in [5.41, 5.74) is 11.6. The summed E-state index contributed by atoms with van der Waals surface area (Å²) in [5, 5.41) is 4.29. The first-order valence-electron chi connectivity index (χ1n) is 6.68. The lowest BCUT2D eigenvalue weighted by molar-refractivity contribution is 0.600. The van der Waals surface area contributed by atoms with Gasteiger partial charge in [-0.15, -0.1) is 0 Å². The molecule has 0 bridgehead atoms. The summed E-state index contributed by atoms with van der Waals surface area (Å²) in [5.74, 6) is 0. The molecule has 1 atom stereocenters. The first-order valence-corrected chi connectivity index (χ1v) is 6.68. The monoisotopic (exact) mass is 241 g/mol. The molecule has 1 heterocycles. The molecule has 0 amide bonds. The molecule has 0 radical (unpaired) electrons. The van der Waals surface area contributed by atoms with E-state index in [1.54, 1.807) is 0 Å². The minimum absolute atomic E-state index is 0.0710. The molecule has 18 heavy (non-hydrogen) atoms. The van der Waals surface area contributed by atoms with Gasteiger partial charge < -0.3 is 5.73 Å². The van der Waals surface area contributed by atoms with E-state index in [-0.39, 0.29) is 6.04 Å². The normalized spacial score (nSPS) is 15.7. The second-order valence-electron chi connectivity index (χ2n) is 4.93. The Balaban J connectivity index is 1.95. The van der Waals surface area contributed by atoms with Crippen LogP contribution in [-0.4, -0.2) is 9.78 Å². The number of benzene rings is 1. The highest BCUT2D eigenvalue weighted by atomic mass is 15.3. The van der Waals surface area contributed by atoms with Crippen LogP contribution in [0.25, 0.3) is 0 Å². The molecule has 1 aromatic carbocycles. The van der Waals surface area contributed by atoms with Crippen LogP contribution >= 0.6 is 0 Å². The highest BCUT2D eigenvalue weighted by Gasteiger charge is 2.17. The number of rotatable bonds is 3. The van der Waals surface area contributed by atoms with Crippen molar-refractivity contribution in [2.24, 2.45) is 5.73 Å². The van der Waals surface area contributed by atoms with Crippen molar-refractivity contribution in [2.75, 3.05) is 0 Å². The van der Waals surface area contributed by atoms with Crippen molar-refractivity contribution in [1.82, 2.24) is 9.78 Å². The number of nitrogens with two attached hydrogens (primary N) is 1. The number of hydrogen-bond acceptors (Lipinski definition) is 2. The Hall–Kier alpha value is -1.61. The second-order valence-corrected chi connectivity index (χ2v) is 4.93. The van der Waals surface area contributed by atoms with Gasteiger partial charge in [0.1, 0.15) is 0 Å². The molecule has 1 aliphatic carbocycles. The van der Waals surface area contributed by atoms with Crippen molar-refractivity contribution in [3.63, 3.8) is 0 Å². The Morgan fingerprint density at radius 2 is 2.11 bits per heavy atom. The van der Waals surface area contributed by atoms with Crippen LogP contribution in [0.15, 0.2) is 30.5 Å². The van der Waals surface area contributed by atoms with E-state index >= 15 is 0 Å². The fourth-order valence-corrected chi connectivity index (χ4v) is 2.83. The second kappa shape index (κ2) is 4.58. The highest BCUT2D eigenvalue weighted by Crippen LogP contribution is 2.27. The van der Waals surface area contributed by atoms with Crippen molar-refractivity contribution in [3.8, 4) is 0 Å². The van der Waals surface area contributed by atoms with Crippen LogP contribution in [-0.2, 0) is 19.4 Å². The van der Waals surface area contributed by atoms with E-state index in [1.807, 2.05) is 16.9 Å². The smallest absolute Gasteiger partial charge is 0.0723 e. The molecule has 3 heteroatoms. The predicted octanol–water partition coefficient (Wildman–Crippen LogP) is 2.44. The molecule has 0 spiro atoms. The number of nitrogens with zero attached hydrogens (tertiary/aromatic N) is 2. The highest BCUT2D eigenvalue weighted by molar-refractivity contribution is 5.38. The van der Waals surface area contributed by atoms with Crippen molar-refractivity contribution in [3.05, 3.63) is 52.8 Å². The minimum Gasteiger partial charge on any atom is -0.319 e. The third kappa shape index (κ3) is 1.85. The topological polar surface area (TPSA) is 43.8 Å². The molecule has 2 N–H and O–H groups in total. The van der Waals surface area contributed by atoms with Crippen LogP contribution in [0.2, 0.25) is 0 Å². The summed E-state index contributed by atoms with van der Waals surface area (Å²) in [7, 11) is 0. The van der Waals surface area contributed by atoms with Crippen LogP contribution in [0, 0.1) is 0 Å². The third-order valence-electron chi connectivity index (χ3n) is 3.85. The fraction of sp³-hybridized carbons (Fsp3) is 0.400. The number of hydrogen-bond donors (Lipinski definition) is 1. The third-order valence-corrected chi connectivity index (χ3v) is 3.85. The molecular formula is C15H19N3. The van der Waals surface area contributed by atoms with Crippen LogP contribution in [0.3, 0.4) is 0 Å². The van der Waals surface area contributed by atoms with E-state index in [2.05, 4.69) is 30.2 Å². The summed E-state index contributed by atoms with van der Waals surface area (Å²) < 4.78 is 1.97. The van der Waals surface area contributed by atoms with E-state index in [1.165, 1.54) is 36.0 Å². The number of aryl methyl sites for hydroxylation is 3. The zero-order valence-electron chi connectivity index (χ0n) is 10.8. The van der Waals surface area contributed by atoms with Gasteiger partial charge in [0.15, 0.2) is 0 Å². The van der Waals surface area contributed by atoms with Gasteiger partial charge in [0.2, 0.25) is 0 Å². The van der Waals surface area contributed by atoms with Crippen molar-refractivity contribution in [1.29, 1.82) is 0 Å². The summed E-state index contributed by atoms with van der Waals surface area (Å²) in [6, 6.07) is 8.63. The summed E-state index contributed by atoms with van der Waals surface area (Å²) in [6.45, 7) is 2.95. The predicted molar refractivity (Wildman–Crippen MR) is 72.4 cm³/mol. The first kappa shape index (κ1) is 11.5.